The Labute approximate surface area is 127 Å². The average molecular weight is 364 g/mol. The van der Waals surface area contributed by atoms with E-state index in [1.807, 2.05) is 0 Å². The summed E-state index contributed by atoms with van der Waals surface area (Å²) in [5.74, 6) is -0.680. The molecule has 0 aromatic heterocycles. The first-order chi connectivity index (χ1) is 9.10. The fourth-order valence-corrected chi connectivity index (χ4v) is 3.62. The first kappa shape index (κ1) is 17.1. The molecule has 20 heavy (non-hydrogen) atoms. The molecule has 1 aromatic rings. The highest BCUT2D eigenvalue weighted by molar-refractivity contribution is 9.08. The van der Waals surface area contributed by atoms with Crippen molar-refractivity contribution in [3.05, 3.63) is 29.3 Å². The lowest BCUT2D eigenvalue weighted by molar-refractivity contribution is 0.0596. The van der Waals surface area contributed by atoms with Crippen LogP contribution in [-0.2, 0) is 20.1 Å². The highest BCUT2D eigenvalue weighted by atomic mass is 79.9. The second-order valence-electron chi connectivity index (χ2n) is 5.31. The van der Waals surface area contributed by atoms with Crippen LogP contribution in [0.25, 0.3) is 0 Å². The maximum absolute atomic E-state index is 12.4. The molecule has 112 valence electrons. The molecule has 0 bridgehead atoms. The van der Waals surface area contributed by atoms with Crippen molar-refractivity contribution in [3.8, 4) is 0 Å². The highest BCUT2D eigenvalue weighted by Gasteiger charge is 2.27. The zero-order valence-corrected chi connectivity index (χ0v) is 14.3. The smallest absolute Gasteiger partial charge is 0.339 e. The molecule has 0 spiro atoms. The molecule has 0 atom stereocenters. The van der Waals surface area contributed by atoms with E-state index in [1.54, 1.807) is 26.8 Å². The van der Waals surface area contributed by atoms with Crippen molar-refractivity contribution in [1.29, 1.82) is 0 Å². The van der Waals surface area contributed by atoms with E-state index < -0.39 is 21.5 Å². The van der Waals surface area contributed by atoms with Gasteiger partial charge >= 0.3 is 5.97 Å². The summed E-state index contributed by atoms with van der Waals surface area (Å²) in [6.07, 6.45) is 0. The number of nitrogens with one attached hydrogen (secondary N) is 1. The number of benzene rings is 1. The summed E-state index contributed by atoms with van der Waals surface area (Å²) >= 11 is 3.27. The summed E-state index contributed by atoms with van der Waals surface area (Å²) in [4.78, 5) is 11.6. The van der Waals surface area contributed by atoms with E-state index in [0.717, 1.165) is 5.56 Å². The van der Waals surface area contributed by atoms with Crippen molar-refractivity contribution in [2.75, 3.05) is 7.11 Å². The Morgan fingerprint density at radius 3 is 2.40 bits per heavy atom. The standard InChI is InChI=1S/C13H18BrNO4S/c1-13(2,3)15-20(17,18)11-7-9(8-14)5-6-10(11)12(16)19-4/h5-7,15H,8H2,1-4H3. The van der Waals surface area contributed by atoms with Crippen molar-refractivity contribution in [2.45, 2.75) is 36.5 Å². The van der Waals surface area contributed by atoms with Gasteiger partial charge in [-0.1, -0.05) is 22.0 Å². The van der Waals surface area contributed by atoms with Gasteiger partial charge in [0.05, 0.1) is 17.6 Å². The lowest BCUT2D eigenvalue weighted by atomic mass is 10.1. The fourth-order valence-electron chi connectivity index (χ4n) is 1.61. The monoisotopic (exact) mass is 363 g/mol. The molecule has 5 nitrogen and oxygen atoms in total. The van der Waals surface area contributed by atoms with Gasteiger partial charge in [0.25, 0.3) is 0 Å². The third-order valence-corrected chi connectivity index (χ3v) is 4.78. The first-order valence-electron chi connectivity index (χ1n) is 5.92. The maximum atomic E-state index is 12.4. The van der Waals surface area contributed by atoms with Crippen LogP contribution in [0, 0.1) is 0 Å². The SMILES string of the molecule is COC(=O)c1ccc(CBr)cc1S(=O)(=O)NC(C)(C)C. The molecule has 0 fully saturated rings. The van der Waals surface area contributed by atoms with Gasteiger partial charge in [0.2, 0.25) is 10.0 Å². The van der Waals surface area contributed by atoms with Crippen molar-refractivity contribution in [1.82, 2.24) is 4.72 Å². The molecule has 0 heterocycles. The summed E-state index contributed by atoms with van der Waals surface area (Å²) in [6, 6.07) is 4.60. The molecule has 0 aliphatic heterocycles. The molecule has 0 saturated heterocycles. The number of ether oxygens (including phenoxy) is 1. The number of methoxy groups -OCH3 is 1. The molecule has 0 unspecified atom stereocenters. The van der Waals surface area contributed by atoms with Crippen LogP contribution >= 0.6 is 15.9 Å². The normalized spacial score (nSPS) is 12.2. The number of sulfonamides is 1. The van der Waals surface area contributed by atoms with Crippen molar-refractivity contribution in [2.24, 2.45) is 0 Å². The number of esters is 1. The molecule has 1 rings (SSSR count). The van der Waals surface area contributed by atoms with Gasteiger partial charge in [-0.25, -0.2) is 17.9 Å². The Balaban J connectivity index is 3.43. The molecule has 1 aromatic carbocycles. The Bertz CT molecular complexity index is 605. The lowest BCUT2D eigenvalue weighted by Gasteiger charge is -2.21. The number of halogens is 1. The minimum atomic E-state index is -3.81. The molecule has 0 radical (unpaired) electrons. The predicted molar refractivity (Wildman–Crippen MR) is 80.5 cm³/mol. The largest absolute Gasteiger partial charge is 0.465 e. The van der Waals surface area contributed by atoms with Crippen molar-refractivity contribution >= 4 is 31.9 Å². The third kappa shape index (κ3) is 4.29. The van der Waals surface area contributed by atoms with Gasteiger partial charge in [-0.3, -0.25) is 0 Å². The van der Waals surface area contributed by atoms with Crippen molar-refractivity contribution in [3.63, 3.8) is 0 Å². The number of hydrogen-bond donors (Lipinski definition) is 1. The minimum absolute atomic E-state index is 0.0222. The van der Waals surface area contributed by atoms with E-state index in [-0.39, 0.29) is 10.5 Å². The van der Waals surface area contributed by atoms with E-state index in [1.165, 1.54) is 19.2 Å². The number of carbonyl (C=O) groups is 1. The van der Waals surface area contributed by atoms with E-state index in [2.05, 4.69) is 25.4 Å². The van der Waals surface area contributed by atoms with Gasteiger partial charge in [0.1, 0.15) is 0 Å². The Kier molecular flexibility index (Phi) is 5.34. The Morgan fingerprint density at radius 2 is 1.95 bits per heavy atom. The molecular formula is C13H18BrNO4S. The lowest BCUT2D eigenvalue weighted by Crippen LogP contribution is -2.41. The van der Waals surface area contributed by atoms with Gasteiger partial charge in [0, 0.05) is 10.9 Å². The number of carbonyl (C=O) groups excluding carboxylic acids is 1. The Morgan fingerprint density at radius 1 is 1.35 bits per heavy atom. The van der Waals surface area contributed by atoms with Crippen LogP contribution in [-0.4, -0.2) is 27.0 Å². The number of hydrogen-bond acceptors (Lipinski definition) is 4. The van der Waals surface area contributed by atoms with E-state index in [9.17, 15) is 13.2 Å². The van der Waals surface area contributed by atoms with Gasteiger partial charge in [0.15, 0.2) is 0 Å². The van der Waals surface area contributed by atoms with Crippen LogP contribution in [0.5, 0.6) is 0 Å². The van der Waals surface area contributed by atoms with Gasteiger partial charge < -0.3 is 4.74 Å². The van der Waals surface area contributed by atoms with E-state index in [4.69, 9.17) is 0 Å². The topological polar surface area (TPSA) is 72.5 Å². The van der Waals surface area contributed by atoms with Crippen LogP contribution in [0.15, 0.2) is 23.1 Å². The molecule has 7 heteroatoms. The molecule has 0 aliphatic rings. The van der Waals surface area contributed by atoms with Crippen LogP contribution in [0.2, 0.25) is 0 Å². The van der Waals surface area contributed by atoms with Gasteiger partial charge in [-0.2, -0.15) is 0 Å². The summed E-state index contributed by atoms with van der Waals surface area (Å²) in [6.45, 7) is 5.20. The molecular weight excluding hydrogens is 346 g/mol. The first-order valence-corrected chi connectivity index (χ1v) is 8.52. The van der Waals surface area contributed by atoms with Crippen LogP contribution in [0.4, 0.5) is 0 Å². The second kappa shape index (κ2) is 6.24. The second-order valence-corrected chi connectivity index (χ2v) is 7.52. The van der Waals surface area contributed by atoms with E-state index >= 15 is 0 Å². The predicted octanol–water partition coefficient (Wildman–Crippen LogP) is 2.44. The van der Waals surface area contributed by atoms with E-state index in [0.29, 0.717) is 5.33 Å². The third-order valence-electron chi connectivity index (χ3n) is 2.34. The minimum Gasteiger partial charge on any atom is -0.465 e. The van der Waals surface area contributed by atoms with Crippen LogP contribution in [0.3, 0.4) is 0 Å². The van der Waals surface area contributed by atoms with Crippen LogP contribution < -0.4 is 4.72 Å². The number of alkyl halides is 1. The summed E-state index contributed by atoms with van der Waals surface area (Å²) in [5, 5.41) is 0.493. The van der Waals surface area contributed by atoms with Gasteiger partial charge in [-0.05, 0) is 38.5 Å². The van der Waals surface area contributed by atoms with Crippen molar-refractivity contribution < 1.29 is 17.9 Å². The van der Waals surface area contributed by atoms with Crippen LogP contribution in [0.1, 0.15) is 36.7 Å². The quantitative estimate of drug-likeness (QED) is 0.658. The maximum Gasteiger partial charge on any atom is 0.339 e. The molecule has 0 amide bonds. The fraction of sp³-hybridized carbons (Fsp3) is 0.462. The molecule has 1 N–H and O–H groups in total. The summed E-state index contributed by atoms with van der Waals surface area (Å²) < 4.78 is 32.0. The highest BCUT2D eigenvalue weighted by Crippen LogP contribution is 2.21. The molecule has 0 aliphatic carbocycles. The number of rotatable bonds is 4. The Hall–Kier alpha value is -0.920. The average Bonchev–Trinajstić information content (AvgIpc) is 2.34. The van der Waals surface area contributed by atoms with Gasteiger partial charge in [-0.15, -0.1) is 0 Å². The zero-order chi connectivity index (χ0) is 15.6. The zero-order valence-electron chi connectivity index (χ0n) is 11.9. The summed E-state index contributed by atoms with van der Waals surface area (Å²) in [5.41, 5.74) is 0.136. The summed E-state index contributed by atoms with van der Waals surface area (Å²) in [7, 11) is -2.59. The molecule has 0 saturated carbocycles.